The van der Waals surface area contributed by atoms with Crippen LogP contribution in [0, 0.1) is 0 Å². The summed E-state index contributed by atoms with van der Waals surface area (Å²) in [6, 6.07) is 8.34. The molecule has 1 atom stereocenters. The summed E-state index contributed by atoms with van der Waals surface area (Å²) in [5, 5.41) is 0. The van der Waals surface area contributed by atoms with E-state index in [0.717, 1.165) is 26.1 Å². The van der Waals surface area contributed by atoms with E-state index in [4.69, 9.17) is 0 Å². The monoisotopic (exact) mass is 350 g/mol. The summed E-state index contributed by atoms with van der Waals surface area (Å²) in [5.74, 6) is 0.423. The second kappa shape index (κ2) is 7.23. The maximum atomic E-state index is 12.6. The van der Waals surface area contributed by atoms with Crippen LogP contribution in [0.3, 0.4) is 0 Å². The van der Waals surface area contributed by atoms with Gasteiger partial charge in [0.15, 0.2) is 9.84 Å². The fraction of sp³-hybridized carbons (Fsp3) is 0.611. The van der Waals surface area contributed by atoms with Crippen LogP contribution in [-0.4, -0.2) is 61.3 Å². The van der Waals surface area contributed by atoms with Gasteiger partial charge in [-0.25, -0.2) is 8.42 Å². The van der Waals surface area contributed by atoms with E-state index in [1.54, 1.807) is 4.90 Å². The third-order valence-electron chi connectivity index (χ3n) is 5.16. The summed E-state index contributed by atoms with van der Waals surface area (Å²) >= 11 is 0. The molecule has 1 fully saturated rings. The van der Waals surface area contributed by atoms with E-state index in [2.05, 4.69) is 29.2 Å². The molecule has 2 aliphatic heterocycles. The zero-order valence-corrected chi connectivity index (χ0v) is 15.1. The van der Waals surface area contributed by atoms with Gasteiger partial charge < -0.3 is 4.90 Å². The molecule has 24 heavy (non-hydrogen) atoms. The lowest BCUT2D eigenvalue weighted by Crippen LogP contribution is -2.42. The van der Waals surface area contributed by atoms with Gasteiger partial charge in [0, 0.05) is 38.6 Å². The minimum absolute atomic E-state index is 0.0819. The van der Waals surface area contributed by atoms with Crippen molar-refractivity contribution in [1.82, 2.24) is 9.80 Å². The predicted molar refractivity (Wildman–Crippen MR) is 94.5 cm³/mol. The SMILES string of the molecule is CCN(C(=O)CCN1CCc2ccccc2C1)C1CCS(=O)(=O)C1. The second-order valence-corrected chi connectivity index (χ2v) is 9.01. The van der Waals surface area contributed by atoms with Gasteiger partial charge in [-0.1, -0.05) is 24.3 Å². The number of amides is 1. The minimum Gasteiger partial charge on any atom is -0.339 e. The van der Waals surface area contributed by atoms with Gasteiger partial charge in [-0.2, -0.15) is 0 Å². The van der Waals surface area contributed by atoms with Crippen molar-refractivity contribution >= 4 is 15.7 Å². The normalized spacial score (nSPS) is 23.0. The van der Waals surface area contributed by atoms with E-state index in [9.17, 15) is 13.2 Å². The predicted octanol–water partition coefficient (Wildman–Crippen LogP) is 1.47. The van der Waals surface area contributed by atoms with Crippen LogP contribution in [0.4, 0.5) is 0 Å². The third kappa shape index (κ3) is 3.98. The summed E-state index contributed by atoms with van der Waals surface area (Å²) in [7, 11) is -2.96. The number of nitrogens with zero attached hydrogens (tertiary/aromatic N) is 2. The van der Waals surface area contributed by atoms with E-state index >= 15 is 0 Å². The van der Waals surface area contributed by atoms with Crippen LogP contribution in [0.5, 0.6) is 0 Å². The first kappa shape index (κ1) is 17.4. The molecule has 1 unspecified atom stereocenters. The number of carbonyl (C=O) groups excluding carboxylic acids is 1. The van der Waals surface area contributed by atoms with Crippen molar-refractivity contribution < 1.29 is 13.2 Å². The highest BCUT2D eigenvalue weighted by Crippen LogP contribution is 2.20. The minimum atomic E-state index is -2.96. The van der Waals surface area contributed by atoms with Crippen LogP contribution in [-0.2, 0) is 27.6 Å². The molecule has 5 nitrogen and oxygen atoms in total. The number of carbonyl (C=O) groups is 1. The van der Waals surface area contributed by atoms with Crippen molar-refractivity contribution in [2.75, 3.05) is 31.1 Å². The van der Waals surface area contributed by atoms with Gasteiger partial charge in [0.05, 0.1) is 11.5 Å². The number of hydrogen-bond acceptors (Lipinski definition) is 4. The Hall–Kier alpha value is -1.40. The van der Waals surface area contributed by atoms with Crippen molar-refractivity contribution in [3.8, 4) is 0 Å². The van der Waals surface area contributed by atoms with Crippen LogP contribution < -0.4 is 0 Å². The summed E-state index contributed by atoms with van der Waals surface area (Å²) in [4.78, 5) is 16.7. The second-order valence-electron chi connectivity index (χ2n) is 6.78. The highest BCUT2D eigenvalue weighted by molar-refractivity contribution is 7.91. The number of sulfone groups is 1. The van der Waals surface area contributed by atoms with Crippen LogP contribution >= 0.6 is 0 Å². The average molecular weight is 350 g/mol. The van der Waals surface area contributed by atoms with E-state index in [0.29, 0.717) is 19.4 Å². The van der Waals surface area contributed by atoms with Crippen molar-refractivity contribution in [2.24, 2.45) is 0 Å². The molecule has 0 saturated carbocycles. The number of fused-ring (bicyclic) bond motifs is 1. The highest BCUT2D eigenvalue weighted by Gasteiger charge is 2.33. The Bertz CT molecular complexity index is 702. The summed E-state index contributed by atoms with van der Waals surface area (Å²) in [6.07, 6.45) is 2.08. The quantitative estimate of drug-likeness (QED) is 0.807. The topological polar surface area (TPSA) is 57.7 Å². The van der Waals surface area contributed by atoms with Crippen LogP contribution in [0.1, 0.15) is 30.9 Å². The van der Waals surface area contributed by atoms with Crippen LogP contribution in [0.25, 0.3) is 0 Å². The lowest BCUT2D eigenvalue weighted by Gasteiger charge is -2.31. The Labute approximate surface area is 144 Å². The molecule has 3 rings (SSSR count). The van der Waals surface area contributed by atoms with Crippen LogP contribution in [0.15, 0.2) is 24.3 Å². The number of hydrogen-bond donors (Lipinski definition) is 0. The fourth-order valence-corrected chi connectivity index (χ4v) is 5.53. The van der Waals surface area contributed by atoms with Crippen molar-refractivity contribution in [1.29, 1.82) is 0 Å². The van der Waals surface area contributed by atoms with Gasteiger partial charge in [-0.05, 0) is 30.9 Å². The third-order valence-corrected chi connectivity index (χ3v) is 6.91. The molecule has 1 saturated heterocycles. The average Bonchev–Trinajstić information content (AvgIpc) is 2.93. The molecule has 0 aromatic heterocycles. The molecule has 1 aromatic rings. The highest BCUT2D eigenvalue weighted by atomic mass is 32.2. The Balaban J connectivity index is 1.53. The van der Waals surface area contributed by atoms with Gasteiger partial charge >= 0.3 is 0 Å². The first-order valence-electron chi connectivity index (χ1n) is 8.77. The molecule has 2 heterocycles. The summed E-state index contributed by atoms with van der Waals surface area (Å²) in [5.41, 5.74) is 2.76. The van der Waals surface area contributed by atoms with Gasteiger partial charge in [0.25, 0.3) is 0 Å². The standard InChI is InChI=1S/C18H26N2O3S/c1-2-20(17-9-12-24(22,23)14-17)18(21)8-11-19-10-7-15-5-3-4-6-16(15)13-19/h3-6,17H,2,7-14H2,1H3. The molecule has 2 aliphatic rings. The van der Waals surface area contributed by atoms with E-state index in [-0.39, 0.29) is 23.5 Å². The molecule has 132 valence electrons. The zero-order chi connectivity index (χ0) is 17.2. The van der Waals surface area contributed by atoms with Gasteiger partial charge in [0.2, 0.25) is 5.91 Å². The van der Waals surface area contributed by atoms with E-state index in [1.165, 1.54) is 11.1 Å². The molecule has 0 spiro atoms. The smallest absolute Gasteiger partial charge is 0.224 e. The fourth-order valence-electron chi connectivity index (χ4n) is 3.80. The Kier molecular flexibility index (Phi) is 5.25. The first-order valence-corrected chi connectivity index (χ1v) is 10.6. The van der Waals surface area contributed by atoms with Gasteiger partial charge in [-0.3, -0.25) is 9.69 Å². The maximum Gasteiger partial charge on any atom is 0.224 e. The molecular weight excluding hydrogens is 324 g/mol. The Morgan fingerprint density at radius 2 is 2.04 bits per heavy atom. The molecule has 1 amide bonds. The van der Waals surface area contributed by atoms with Crippen molar-refractivity contribution in [3.63, 3.8) is 0 Å². The Morgan fingerprint density at radius 3 is 2.71 bits per heavy atom. The van der Waals surface area contributed by atoms with E-state index in [1.807, 2.05) is 6.92 Å². The zero-order valence-electron chi connectivity index (χ0n) is 14.3. The molecule has 6 heteroatoms. The summed E-state index contributed by atoms with van der Waals surface area (Å²) < 4.78 is 23.3. The first-order chi connectivity index (χ1) is 11.5. The summed E-state index contributed by atoms with van der Waals surface area (Å²) in [6.45, 7) is 5.13. The molecular formula is C18H26N2O3S. The van der Waals surface area contributed by atoms with Gasteiger partial charge in [-0.15, -0.1) is 0 Å². The number of rotatable bonds is 5. The van der Waals surface area contributed by atoms with Crippen molar-refractivity contribution in [2.45, 2.75) is 38.8 Å². The Morgan fingerprint density at radius 1 is 1.29 bits per heavy atom. The van der Waals surface area contributed by atoms with E-state index < -0.39 is 9.84 Å². The molecule has 1 aromatic carbocycles. The maximum absolute atomic E-state index is 12.6. The molecule has 0 N–H and O–H groups in total. The van der Waals surface area contributed by atoms with Crippen molar-refractivity contribution in [3.05, 3.63) is 35.4 Å². The lowest BCUT2D eigenvalue weighted by molar-refractivity contribution is -0.133. The molecule has 0 radical (unpaired) electrons. The van der Waals surface area contributed by atoms with Gasteiger partial charge in [0.1, 0.15) is 0 Å². The molecule has 0 aliphatic carbocycles. The molecule has 0 bridgehead atoms. The largest absolute Gasteiger partial charge is 0.339 e. The van der Waals surface area contributed by atoms with Crippen LogP contribution in [0.2, 0.25) is 0 Å². The number of benzene rings is 1. The lowest BCUT2D eigenvalue weighted by atomic mass is 10.00.